The molecule has 2 aromatic carbocycles. The molecule has 0 fully saturated rings. The first-order valence-corrected chi connectivity index (χ1v) is 9.35. The maximum Gasteiger partial charge on any atom is 0.251 e. The number of benzene rings is 2. The minimum absolute atomic E-state index is 0.0402. The molecule has 5 nitrogen and oxygen atoms in total. The molecule has 0 spiro atoms. The molecule has 142 valence electrons. The lowest BCUT2D eigenvalue weighted by molar-refractivity contribution is -0.118. The summed E-state index contributed by atoms with van der Waals surface area (Å²) >= 11 is 0. The van der Waals surface area contributed by atoms with Crippen LogP contribution in [0.1, 0.15) is 41.8 Å². The molecule has 1 aliphatic carbocycles. The maximum absolute atomic E-state index is 12.8. The van der Waals surface area contributed by atoms with Crippen molar-refractivity contribution in [2.24, 2.45) is 5.92 Å². The Labute approximate surface area is 160 Å². The number of carbonyl (C=O) groups is 2. The predicted molar refractivity (Wildman–Crippen MR) is 106 cm³/mol. The number of aryl methyl sites for hydroxylation is 2. The molecule has 2 N–H and O–H groups in total. The lowest BCUT2D eigenvalue weighted by Crippen LogP contribution is -2.47. The maximum atomic E-state index is 12.8. The summed E-state index contributed by atoms with van der Waals surface area (Å²) in [5.41, 5.74) is 3.94. The number of ether oxygens (including phenoxy) is 1. The third kappa shape index (κ3) is 4.48. The highest BCUT2D eigenvalue weighted by molar-refractivity contribution is 6.01. The Balaban J connectivity index is 1.68. The summed E-state index contributed by atoms with van der Waals surface area (Å²) in [6.07, 6.45) is 3.33. The van der Waals surface area contributed by atoms with Crippen molar-refractivity contribution in [3.8, 4) is 5.75 Å². The van der Waals surface area contributed by atoms with E-state index < -0.39 is 6.04 Å². The van der Waals surface area contributed by atoms with Crippen molar-refractivity contribution in [3.05, 3.63) is 59.2 Å². The molecule has 0 aromatic heterocycles. The van der Waals surface area contributed by atoms with Crippen molar-refractivity contribution >= 4 is 17.5 Å². The highest BCUT2D eigenvalue weighted by atomic mass is 16.5. The lowest BCUT2D eigenvalue weighted by Gasteiger charge is -2.22. The van der Waals surface area contributed by atoms with Crippen LogP contribution in [-0.4, -0.2) is 25.0 Å². The van der Waals surface area contributed by atoms with Crippen LogP contribution in [0.5, 0.6) is 5.75 Å². The van der Waals surface area contributed by atoms with Crippen LogP contribution < -0.4 is 15.4 Å². The second-order valence-corrected chi connectivity index (χ2v) is 7.25. The summed E-state index contributed by atoms with van der Waals surface area (Å²) in [4.78, 5) is 25.3. The Hall–Kier alpha value is -2.82. The predicted octanol–water partition coefficient (Wildman–Crippen LogP) is 3.58. The van der Waals surface area contributed by atoms with E-state index in [1.54, 1.807) is 31.4 Å². The van der Waals surface area contributed by atoms with Crippen LogP contribution in [-0.2, 0) is 17.6 Å². The van der Waals surface area contributed by atoms with Gasteiger partial charge in [-0.2, -0.15) is 0 Å². The Bertz CT molecular complexity index is 828. The van der Waals surface area contributed by atoms with Gasteiger partial charge in [-0.05, 0) is 72.7 Å². The molecule has 27 heavy (non-hydrogen) atoms. The fourth-order valence-electron chi connectivity index (χ4n) is 3.37. The van der Waals surface area contributed by atoms with Crippen LogP contribution in [0.3, 0.4) is 0 Å². The lowest BCUT2D eigenvalue weighted by atomic mass is 10.0. The largest absolute Gasteiger partial charge is 0.497 e. The third-order valence-electron chi connectivity index (χ3n) is 4.95. The first-order valence-electron chi connectivity index (χ1n) is 9.35. The average molecular weight is 366 g/mol. The second kappa shape index (κ2) is 8.25. The van der Waals surface area contributed by atoms with E-state index in [1.807, 2.05) is 26.0 Å². The van der Waals surface area contributed by atoms with Crippen LogP contribution in [0, 0.1) is 5.92 Å². The van der Waals surface area contributed by atoms with Gasteiger partial charge < -0.3 is 15.4 Å². The van der Waals surface area contributed by atoms with Gasteiger partial charge in [0.25, 0.3) is 5.91 Å². The number of amides is 2. The molecule has 0 unspecified atom stereocenters. The van der Waals surface area contributed by atoms with Gasteiger partial charge in [-0.3, -0.25) is 9.59 Å². The Kier molecular flexibility index (Phi) is 5.79. The zero-order valence-corrected chi connectivity index (χ0v) is 16.0. The second-order valence-electron chi connectivity index (χ2n) is 7.25. The van der Waals surface area contributed by atoms with Crippen molar-refractivity contribution in [1.82, 2.24) is 5.32 Å². The van der Waals surface area contributed by atoms with E-state index in [-0.39, 0.29) is 17.7 Å². The summed E-state index contributed by atoms with van der Waals surface area (Å²) < 4.78 is 5.11. The van der Waals surface area contributed by atoms with Gasteiger partial charge >= 0.3 is 0 Å². The van der Waals surface area contributed by atoms with Crippen molar-refractivity contribution < 1.29 is 14.3 Å². The fraction of sp³-hybridized carbons (Fsp3) is 0.364. The summed E-state index contributed by atoms with van der Waals surface area (Å²) in [6, 6.07) is 12.3. The summed E-state index contributed by atoms with van der Waals surface area (Å²) in [5.74, 6) is 0.160. The number of carbonyl (C=O) groups excluding carboxylic acids is 2. The van der Waals surface area contributed by atoms with Crippen LogP contribution in [0.25, 0.3) is 0 Å². The Morgan fingerprint density at radius 3 is 2.37 bits per heavy atom. The fourth-order valence-corrected chi connectivity index (χ4v) is 3.37. The number of anilines is 1. The molecule has 0 saturated carbocycles. The van der Waals surface area contributed by atoms with E-state index in [4.69, 9.17) is 4.74 Å². The summed E-state index contributed by atoms with van der Waals surface area (Å²) in [5, 5.41) is 5.81. The van der Waals surface area contributed by atoms with Crippen LogP contribution in [0.2, 0.25) is 0 Å². The zero-order chi connectivity index (χ0) is 19.4. The van der Waals surface area contributed by atoms with Gasteiger partial charge in [-0.1, -0.05) is 19.9 Å². The molecule has 1 aliphatic rings. The quantitative estimate of drug-likeness (QED) is 0.821. The van der Waals surface area contributed by atoms with Crippen molar-refractivity contribution in [1.29, 1.82) is 0 Å². The van der Waals surface area contributed by atoms with Crippen LogP contribution >= 0.6 is 0 Å². The molecule has 1 atom stereocenters. The normalized spacial score (nSPS) is 13.8. The monoisotopic (exact) mass is 366 g/mol. The van der Waals surface area contributed by atoms with E-state index >= 15 is 0 Å². The molecule has 2 aromatic rings. The highest BCUT2D eigenvalue weighted by Crippen LogP contribution is 2.25. The van der Waals surface area contributed by atoms with E-state index in [9.17, 15) is 9.59 Å². The van der Waals surface area contributed by atoms with Crippen molar-refractivity contribution in [2.75, 3.05) is 12.4 Å². The minimum Gasteiger partial charge on any atom is -0.497 e. The van der Waals surface area contributed by atoms with Gasteiger partial charge in [0.2, 0.25) is 5.91 Å². The van der Waals surface area contributed by atoms with E-state index in [0.717, 1.165) is 18.5 Å². The molecule has 3 rings (SSSR count). The summed E-state index contributed by atoms with van der Waals surface area (Å²) in [6.45, 7) is 3.84. The first kappa shape index (κ1) is 19.0. The smallest absolute Gasteiger partial charge is 0.251 e. The number of nitrogens with one attached hydrogen (secondary N) is 2. The SMILES string of the molecule is COc1ccc(C(=O)N[C@@H](C(=O)Nc2ccc3c(c2)CCC3)C(C)C)cc1. The van der Waals surface area contributed by atoms with Gasteiger partial charge in [0.05, 0.1) is 7.11 Å². The van der Waals surface area contributed by atoms with Gasteiger partial charge in [-0.15, -0.1) is 0 Å². The van der Waals surface area contributed by atoms with Gasteiger partial charge in [0.1, 0.15) is 11.8 Å². The third-order valence-corrected chi connectivity index (χ3v) is 4.95. The average Bonchev–Trinajstić information content (AvgIpc) is 3.13. The molecule has 0 bridgehead atoms. The van der Waals surface area contributed by atoms with Crippen molar-refractivity contribution in [2.45, 2.75) is 39.2 Å². The number of hydrogen-bond acceptors (Lipinski definition) is 3. The number of fused-ring (bicyclic) bond motifs is 1. The molecule has 0 heterocycles. The molecule has 5 heteroatoms. The van der Waals surface area contributed by atoms with E-state index in [0.29, 0.717) is 11.3 Å². The first-order chi connectivity index (χ1) is 13.0. The minimum atomic E-state index is -0.618. The van der Waals surface area contributed by atoms with Gasteiger partial charge in [0, 0.05) is 11.3 Å². The topological polar surface area (TPSA) is 67.4 Å². The number of rotatable bonds is 6. The van der Waals surface area contributed by atoms with E-state index in [1.165, 1.54) is 17.5 Å². The van der Waals surface area contributed by atoms with Gasteiger partial charge in [-0.25, -0.2) is 0 Å². The van der Waals surface area contributed by atoms with Crippen molar-refractivity contribution in [3.63, 3.8) is 0 Å². The zero-order valence-electron chi connectivity index (χ0n) is 16.0. The molecule has 0 saturated heterocycles. The molecule has 2 amide bonds. The Morgan fingerprint density at radius 2 is 1.70 bits per heavy atom. The molecular weight excluding hydrogens is 340 g/mol. The molecule has 0 aliphatic heterocycles. The molecule has 0 radical (unpaired) electrons. The summed E-state index contributed by atoms with van der Waals surface area (Å²) in [7, 11) is 1.58. The van der Waals surface area contributed by atoms with Crippen LogP contribution in [0.4, 0.5) is 5.69 Å². The molecular formula is C22H26N2O3. The van der Waals surface area contributed by atoms with Gasteiger partial charge in [0.15, 0.2) is 0 Å². The Morgan fingerprint density at radius 1 is 1.00 bits per heavy atom. The standard InChI is InChI=1S/C22H26N2O3/c1-14(2)20(24-21(25)16-8-11-19(27-3)12-9-16)22(26)23-18-10-7-15-5-4-6-17(15)13-18/h7-14,20H,4-6H2,1-3H3,(H,23,26)(H,24,25)/t20-/m1/s1. The number of methoxy groups -OCH3 is 1. The number of hydrogen-bond donors (Lipinski definition) is 2. The van der Waals surface area contributed by atoms with E-state index in [2.05, 4.69) is 16.7 Å². The highest BCUT2D eigenvalue weighted by Gasteiger charge is 2.25. The van der Waals surface area contributed by atoms with Crippen LogP contribution in [0.15, 0.2) is 42.5 Å².